The monoisotopic (exact) mass is 258 g/mol. The van der Waals surface area contributed by atoms with Gasteiger partial charge < -0.3 is 11.1 Å². The van der Waals surface area contributed by atoms with E-state index >= 15 is 0 Å². The highest BCUT2D eigenvalue weighted by atomic mass is 32.2. The van der Waals surface area contributed by atoms with Gasteiger partial charge in [-0.1, -0.05) is 19.8 Å². The van der Waals surface area contributed by atoms with Crippen molar-refractivity contribution in [1.82, 2.24) is 5.32 Å². The Hall–Kier alpha value is -0.220. The minimum Gasteiger partial charge on any atom is -0.356 e. The molecule has 100 valence electrons. The van der Waals surface area contributed by atoms with Crippen molar-refractivity contribution in [1.29, 1.82) is 0 Å². The average Bonchev–Trinajstić information content (AvgIpc) is 2.36. The lowest BCUT2D eigenvalue weighted by atomic mass is 9.78. The largest absolute Gasteiger partial charge is 0.356 e. The van der Waals surface area contributed by atoms with Gasteiger partial charge in [-0.2, -0.15) is 11.8 Å². The molecule has 1 amide bonds. The number of carbonyl (C=O) groups is 1. The lowest BCUT2D eigenvalue weighted by molar-refractivity contribution is -0.127. The van der Waals surface area contributed by atoms with Crippen molar-refractivity contribution in [3.8, 4) is 0 Å². The van der Waals surface area contributed by atoms with E-state index in [1.807, 2.05) is 11.8 Å². The fraction of sp³-hybridized carbons (Fsp3) is 0.923. The summed E-state index contributed by atoms with van der Waals surface area (Å²) >= 11 is 1.83. The molecule has 0 heterocycles. The highest BCUT2D eigenvalue weighted by Crippen LogP contribution is 2.29. The molecule has 0 saturated heterocycles. The third-order valence-corrected chi connectivity index (χ3v) is 4.53. The lowest BCUT2D eigenvalue weighted by Crippen LogP contribution is -2.41. The number of rotatable bonds is 6. The van der Waals surface area contributed by atoms with Gasteiger partial charge in [-0.15, -0.1) is 0 Å². The van der Waals surface area contributed by atoms with Crippen LogP contribution in [-0.2, 0) is 4.79 Å². The standard InChI is InChI=1S/C13H26N2OS/c1-10(9-17-2)8-15-13(16)12-6-4-3-5-11(12)7-14/h10-12H,3-9,14H2,1-2H3,(H,15,16). The molecule has 0 aliphatic heterocycles. The quantitative estimate of drug-likeness (QED) is 0.764. The Balaban J connectivity index is 2.34. The lowest BCUT2D eigenvalue weighted by Gasteiger charge is -2.29. The zero-order valence-corrected chi connectivity index (χ0v) is 11.9. The van der Waals surface area contributed by atoms with E-state index in [9.17, 15) is 4.79 Å². The molecule has 17 heavy (non-hydrogen) atoms. The summed E-state index contributed by atoms with van der Waals surface area (Å²) in [5.74, 6) is 2.45. The van der Waals surface area contributed by atoms with Crippen molar-refractivity contribution in [2.24, 2.45) is 23.5 Å². The molecule has 1 rings (SSSR count). The topological polar surface area (TPSA) is 55.1 Å². The molecule has 3 unspecified atom stereocenters. The summed E-state index contributed by atoms with van der Waals surface area (Å²) in [6.07, 6.45) is 6.65. The molecule has 1 aliphatic rings. The van der Waals surface area contributed by atoms with Crippen LogP contribution in [0.15, 0.2) is 0 Å². The van der Waals surface area contributed by atoms with Gasteiger partial charge in [0.2, 0.25) is 5.91 Å². The molecule has 0 bridgehead atoms. The first kappa shape index (κ1) is 14.8. The van der Waals surface area contributed by atoms with Crippen LogP contribution in [0.3, 0.4) is 0 Å². The second-order valence-corrected chi connectivity index (χ2v) is 6.10. The van der Waals surface area contributed by atoms with Crippen molar-refractivity contribution in [3.05, 3.63) is 0 Å². The molecule has 3 nitrogen and oxygen atoms in total. The van der Waals surface area contributed by atoms with Gasteiger partial charge in [0, 0.05) is 12.5 Å². The summed E-state index contributed by atoms with van der Waals surface area (Å²) in [6, 6.07) is 0. The maximum atomic E-state index is 12.1. The predicted molar refractivity (Wildman–Crippen MR) is 75.1 cm³/mol. The van der Waals surface area contributed by atoms with Crippen molar-refractivity contribution in [2.45, 2.75) is 32.6 Å². The number of amides is 1. The van der Waals surface area contributed by atoms with Gasteiger partial charge in [0.25, 0.3) is 0 Å². The first-order valence-corrected chi connectivity index (χ1v) is 8.05. The van der Waals surface area contributed by atoms with Crippen LogP contribution in [0.25, 0.3) is 0 Å². The summed E-state index contributed by atoms with van der Waals surface area (Å²) in [5, 5.41) is 3.09. The SMILES string of the molecule is CSCC(C)CNC(=O)C1CCCCC1CN. The van der Waals surface area contributed by atoms with Crippen LogP contribution in [0.4, 0.5) is 0 Å². The first-order valence-electron chi connectivity index (χ1n) is 6.65. The minimum absolute atomic E-state index is 0.162. The number of hydrogen-bond acceptors (Lipinski definition) is 3. The Bertz CT molecular complexity index is 235. The Labute approximate surface area is 109 Å². The summed E-state index contributed by atoms with van der Waals surface area (Å²) in [6.45, 7) is 3.63. The van der Waals surface area contributed by atoms with E-state index in [2.05, 4.69) is 18.5 Å². The van der Waals surface area contributed by atoms with E-state index in [1.165, 1.54) is 12.8 Å². The minimum atomic E-state index is 0.162. The second kappa shape index (κ2) is 7.98. The number of nitrogens with one attached hydrogen (secondary N) is 1. The van der Waals surface area contributed by atoms with Crippen molar-refractivity contribution in [2.75, 3.05) is 25.1 Å². The Morgan fingerprint density at radius 2 is 2.18 bits per heavy atom. The van der Waals surface area contributed by atoms with E-state index in [1.54, 1.807) is 0 Å². The van der Waals surface area contributed by atoms with Crippen molar-refractivity contribution < 1.29 is 4.79 Å². The van der Waals surface area contributed by atoms with Crippen LogP contribution < -0.4 is 11.1 Å². The van der Waals surface area contributed by atoms with Gasteiger partial charge in [-0.25, -0.2) is 0 Å². The Kier molecular flexibility index (Phi) is 6.97. The zero-order valence-electron chi connectivity index (χ0n) is 11.1. The van der Waals surface area contributed by atoms with Crippen LogP contribution in [0.1, 0.15) is 32.6 Å². The smallest absolute Gasteiger partial charge is 0.223 e. The fourth-order valence-corrected chi connectivity index (χ4v) is 3.27. The fourth-order valence-electron chi connectivity index (χ4n) is 2.58. The Morgan fingerprint density at radius 1 is 1.47 bits per heavy atom. The highest BCUT2D eigenvalue weighted by Gasteiger charge is 2.29. The molecule has 1 fully saturated rings. The molecule has 4 heteroatoms. The van der Waals surface area contributed by atoms with Crippen LogP contribution in [-0.4, -0.2) is 31.0 Å². The molecule has 1 aliphatic carbocycles. The van der Waals surface area contributed by atoms with Gasteiger partial charge in [0.05, 0.1) is 0 Å². The molecule has 0 aromatic heterocycles. The molecule has 3 atom stereocenters. The van der Waals surface area contributed by atoms with Gasteiger partial charge in [0.15, 0.2) is 0 Å². The summed E-state index contributed by atoms with van der Waals surface area (Å²) < 4.78 is 0. The maximum Gasteiger partial charge on any atom is 0.223 e. The van der Waals surface area contributed by atoms with Gasteiger partial charge in [-0.05, 0) is 43.2 Å². The molecule has 0 spiro atoms. The van der Waals surface area contributed by atoms with Gasteiger partial charge >= 0.3 is 0 Å². The van der Waals surface area contributed by atoms with E-state index in [-0.39, 0.29) is 11.8 Å². The van der Waals surface area contributed by atoms with Crippen LogP contribution >= 0.6 is 11.8 Å². The third-order valence-electron chi connectivity index (χ3n) is 3.62. The molecule has 3 N–H and O–H groups in total. The molecule has 0 radical (unpaired) electrons. The maximum absolute atomic E-state index is 12.1. The van der Waals surface area contributed by atoms with Gasteiger partial charge in [0.1, 0.15) is 0 Å². The van der Waals surface area contributed by atoms with Crippen LogP contribution in [0.5, 0.6) is 0 Å². The normalized spacial score (nSPS) is 26.5. The highest BCUT2D eigenvalue weighted by molar-refractivity contribution is 7.98. The molecular formula is C13H26N2OS. The number of thioether (sulfide) groups is 1. The van der Waals surface area contributed by atoms with Gasteiger partial charge in [-0.3, -0.25) is 4.79 Å². The van der Waals surface area contributed by atoms with Crippen molar-refractivity contribution in [3.63, 3.8) is 0 Å². The van der Waals surface area contributed by atoms with E-state index in [0.717, 1.165) is 25.1 Å². The number of hydrogen-bond donors (Lipinski definition) is 2. The summed E-state index contributed by atoms with van der Waals surface area (Å²) in [7, 11) is 0. The summed E-state index contributed by atoms with van der Waals surface area (Å²) in [5.41, 5.74) is 5.75. The van der Waals surface area contributed by atoms with Crippen molar-refractivity contribution >= 4 is 17.7 Å². The Morgan fingerprint density at radius 3 is 2.82 bits per heavy atom. The third kappa shape index (κ3) is 4.88. The number of nitrogens with two attached hydrogens (primary N) is 1. The molecule has 1 saturated carbocycles. The second-order valence-electron chi connectivity index (χ2n) is 5.19. The predicted octanol–water partition coefficient (Wildman–Crippen LogP) is 1.87. The molecule has 0 aromatic carbocycles. The van der Waals surface area contributed by atoms with E-state index < -0.39 is 0 Å². The first-order chi connectivity index (χ1) is 8.19. The van der Waals surface area contributed by atoms with Crippen LogP contribution in [0.2, 0.25) is 0 Å². The molecular weight excluding hydrogens is 232 g/mol. The zero-order chi connectivity index (χ0) is 12.7. The van der Waals surface area contributed by atoms with E-state index in [0.29, 0.717) is 18.4 Å². The molecule has 0 aromatic rings. The number of carbonyl (C=O) groups excluding carboxylic acids is 1. The van der Waals surface area contributed by atoms with E-state index in [4.69, 9.17) is 5.73 Å². The average molecular weight is 258 g/mol. The van der Waals surface area contributed by atoms with Crippen LogP contribution in [0, 0.1) is 17.8 Å². The summed E-state index contributed by atoms with van der Waals surface area (Å²) in [4.78, 5) is 12.1.